The summed E-state index contributed by atoms with van der Waals surface area (Å²) in [5, 5.41) is 14.7. The zero-order chi connectivity index (χ0) is 20.5. The van der Waals surface area contributed by atoms with Gasteiger partial charge < -0.3 is 15.1 Å². The lowest BCUT2D eigenvalue weighted by Crippen LogP contribution is -2.25. The van der Waals surface area contributed by atoms with Gasteiger partial charge in [-0.05, 0) is 48.0 Å². The summed E-state index contributed by atoms with van der Waals surface area (Å²) >= 11 is 1.66. The van der Waals surface area contributed by atoms with Crippen molar-refractivity contribution in [1.82, 2.24) is 5.32 Å². The summed E-state index contributed by atoms with van der Waals surface area (Å²) in [6.07, 6.45) is 1.43. The van der Waals surface area contributed by atoms with Gasteiger partial charge in [0.05, 0.1) is 17.9 Å². The first-order valence-electron chi connectivity index (χ1n) is 8.96. The van der Waals surface area contributed by atoms with Crippen LogP contribution in [0.4, 0.5) is 5.69 Å². The number of nitrogens with one attached hydrogen (secondary N) is 2. The van der Waals surface area contributed by atoms with Gasteiger partial charge in [-0.15, -0.1) is 0 Å². The Bertz CT molecular complexity index is 1010. The molecule has 1 heterocycles. The molecule has 0 radical (unpaired) electrons. The second-order valence-corrected chi connectivity index (χ2v) is 7.19. The van der Waals surface area contributed by atoms with E-state index in [2.05, 4.69) is 16.7 Å². The van der Waals surface area contributed by atoms with Gasteiger partial charge in [0.1, 0.15) is 0 Å². The fourth-order valence-corrected chi connectivity index (χ4v) is 3.44. The SMILES string of the molecule is N#Cc1ccccc1CSCCNC(=O)c1ccc(NC(=O)c2ccco2)cc1. The lowest BCUT2D eigenvalue weighted by Gasteiger charge is -2.07. The van der Waals surface area contributed by atoms with E-state index < -0.39 is 0 Å². The Balaban J connectivity index is 1.41. The number of hydrogen-bond acceptors (Lipinski definition) is 5. The van der Waals surface area contributed by atoms with Crippen LogP contribution in [0.2, 0.25) is 0 Å². The number of furan rings is 1. The summed E-state index contributed by atoms with van der Waals surface area (Å²) in [6.45, 7) is 0.523. The van der Waals surface area contributed by atoms with Crippen LogP contribution in [0.1, 0.15) is 32.0 Å². The number of benzene rings is 2. The first-order valence-corrected chi connectivity index (χ1v) is 10.1. The van der Waals surface area contributed by atoms with Crippen molar-refractivity contribution in [2.75, 3.05) is 17.6 Å². The van der Waals surface area contributed by atoms with Gasteiger partial charge in [-0.1, -0.05) is 18.2 Å². The summed E-state index contributed by atoms with van der Waals surface area (Å²) in [5.41, 5.74) is 2.78. The summed E-state index contributed by atoms with van der Waals surface area (Å²) in [7, 11) is 0. The fourth-order valence-electron chi connectivity index (χ4n) is 2.58. The van der Waals surface area contributed by atoms with Crippen molar-refractivity contribution >= 4 is 29.3 Å². The van der Waals surface area contributed by atoms with Crippen LogP contribution in [-0.2, 0) is 5.75 Å². The van der Waals surface area contributed by atoms with E-state index in [1.807, 2.05) is 18.2 Å². The minimum atomic E-state index is -0.345. The Kier molecular flexibility index (Phi) is 7.09. The number of hydrogen-bond donors (Lipinski definition) is 2. The molecule has 1 aromatic heterocycles. The fraction of sp³-hybridized carbons (Fsp3) is 0.136. The molecule has 0 fully saturated rings. The van der Waals surface area contributed by atoms with Crippen molar-refractivity contribution in [3.8, 4) is 6.07 Å². The van der Waals surface area contributed by atoms with E-state index in [-0.39, 0.29) is 17.6 Å². The monoisotopic (exact) mass is 405 g/mol. The number of nitriles is 1. The van der Waals surface area contributed by atoms with Gasteiger partial charge in [-0.25, -0.2) is 0 Å². The predicted molar refractivity (Wildman–Crippen MR) is 113 cm³/mol. The van der Waals surface area contributed by atoms with Crippen LogP contribution in [0.25, 0.3) is 0 Å². The Morgan fingerprint density at radius 2 is 1.79 bits per heavy atom. The van der Waals surface area contributed by atoms with Crippen molar-refractivity contribution < 1.29 is 14.0 Å². The largest absolute Gasteiger partial charge is 0.459 e. The van der Waals surface area contributed by atoms with Gasteiger partial charge in [-0.2, -0.15) is 17.0 Å². The molecule has 0 saturated heterocycles. The van der Waals surface area contributed by atoms with E-state index in [1.54, 1.807) is 54.2 Å². The number of thioether (sulfide) groups is 1. The normalized spacial score (nSPS) is 10.2. The molecule has 0 atom stereocenters. The Morgan fingerprint density at radius 3 is 2.52 bits per heavy atom. The number of carbonyl (C=O) groups excluding carboxylic acids is 2. The third-order valence-electron chi connectivity index (χ3n) is 4.08. The standard InChI is InChI=1S/C22H19N3O3S/c23-14-17-4-1-2-5-18(17)15-29-13-11-24-21(26)16-7-9-19(10-8-16)25-22(27)20-6-3-12-28-20/h1-10,12H,11,13,15H2,(H,24,26)(H,25,27). The first-order chi connectivity index (χ1) is 14.2. The van der Waals surface area contributed by atoms with Crippen LogP contribution in [0, 0.1) is 11.3 Å². The van der Waals surface area contributed by atoms with E-state index in [0.717, 1.165) is 17.1 Å². The summed E-state index contributed by atoms with van der Waals surface area (Å²) in [5.74, 6) is 1.17. The van der Waals surface area contributed by atoms with E-state index in [4.69, 9.17) is 9.68 Å². The molecule has 2 amide bonds. The molecule has 146 valence electrons. The van der Waals surface area contributed by atoms with Crippen LogP contribution in [0.5, 0.6) is 0 Å². The highest BCUT2D eigenvalue weighted by Gasteiger charge is 2.10. The van der Waals surface area contributed by atoms with Gasteiger partial charge in [0, 0.05) is 29.3 Å². The van der Waals surface area contributed by atoms with Gasteiger partial charge in [0.15, 0.2) is 5.76 Å². The minimum Gasteiger partial charge on any atom is -0.459 e. The van der Waals surface area contributed by atoms with E-state index in [1.165, 1.54) is 6.26 Å². The number of carbonyl (C=O) groups is 2. The molecule has 29 heavy (non-hydrogen) atoms. The maximum atomic E-state index is 12.2. The average Bonchev–Trinajstić information content (AvgIpc) is 3.29. The van der Waals surface area contributed by atoms with Gasteiger partial charge >= 0.3 is 0 Å². The maximum Gasteiger partial charge on any atom is 0.291 e. The Labute approximate surface area is 172 Å². The lowest BCUT2D eigenvalue weighted by atomic mass is 10.1. The summed E-state index contributed by atoms with van der Waals surface area (Å²) in [4.78, 5) is 24.2. The highest BCUT2D eigenvalue weighted by atomic mass is 32.2. The molecule has 0 aliphatic carbocycles. The number of nitrogens with zero attached hydrogens (tertiary/aromatic N) is 1. The third kappa shape index (κ3) is 5.74. The summed E-state index contributed by atoms with van der Waals surface area (Å²) in [6, 6.07) is 19.6. The number of anilines is 1. The molecule has 0 saturated carbocycles. The molecule has 0 aliphatic heterocycles. The van der Waals surface area contributed by atoms with Crippen LogP contribution in [-0.4, -0.2) is 24.1 Å². The van der Waals surface area contributed by atoms with E-state index in [0.29, 0.717) is 23.4 Å². The van der Waals surface area contributed by atoms with Gasteiger partial charge in [-0.3, -0.25) is 9.59 Å². The molecular weight excluding hydrogens is 386 g/mol. The average molecular weight is 405 g/mol. The second kappa shape index (κ2) is 10.2. The van der Waals surface area contributed by atoms with Crippen molar-refractivity contribution in [1.29, 1.82) is 5.26 Å². The van der Waals surface area contributed by atoms with Crippen molar-refractivity contribution in [2.45, 2.75) is 5.75 Å². The third-order valence-corrected chi connectivity index (χ3v) is 5.09. The Morgan fingerprint density at radius 1 is 1.00 bits per heavy atom. The molecule has 0 aliphatic rings. The van der Waals surface area contributed by atoms with Crippen molar-refractivity contribution in [2.24, 2.45) is 0 Å². The lowest BCUT2D eigenvalue weighted by molar-refractivity contribution is 0.0955. The van der Waals surface area contributed by atoms with Crippen LogP contribution < -0.4 is 10.6 Å². The first kappa shape index (κ1) is 20.2. The number of amides is 2. The molecule has 0 unspecified atom stereocenters. The molecule has 0 spiro atoms. The van der Waals surface area contributed by atoms with E-state index >= 15 is 0 Å². The van der Waals surface area contributed by atoms with Crippen LogP contribution >= 0.6 is 11.8 Å². The zero-order valence-electron chi connectivity index (χ0n) is 15.6. The zero-order valence-corrected chi connectivity index (χ0v) is 16.4. The quantitative estimate of drug-likeness (QED) is 0.551. The number of rotatable bonds is 8. The minimum absolute atomic E-state index is 0.174. The molecular formula is C22H19N3O3S. The molecule has 3 aromatic rings. The topological polar surface area (TPSA) is 95.1 Å². The Hall–Kier alpha value is -3.50. The molecule has 6 nitrogen and oxygen atoms in total. The highest BCUT2D eigenvalue weighted by molar-refractivity contribution is 7.98. The predicted octanol–water partition coefficient (Wildman–Crippen LogP) is 4.07. The molecule has 2 aromatic carbocycles. The highest BCUT2D eigenvalue weighted by Crippen LogP contribution is 2.16. The van der Waals surface area contributed by atoms with Crippen molar-refractivity contribution in [3.63, 3.8) is 0 Å². The van der Waals surface area contributed by atoms with Crippen LogP contribution in [0.15, 0.2) is 71.3 Å². The molecule has 0 bridgehead atoms. The van der Waals surface area contributed by atoms with E-state index in [9.17, 15) is 9.59 Å². The molecule has 3 rings (SSSR count). The van der Waals surface area contributed by atoms with Gasteiger partial charge in [0.2, 0.25) is 0 Å². The summed E-state index contributed by atoms with van der Waals surface area (Å²) < 4.78 is 5.04. The van der Waals surface area contributed by atoms with Crippen molar-refractivity contribution in [3.05, 3.63) is 89.4 Å². The molecule has 7 heteroatoms. The van der Waals surface area contributed by atoms with Gasteiger partial charge in [0.25, 0.3) is 11.8 Å². The maximum absolute atomic E-state index is 12.2. The molecule has 2 N–H and O–H groups in total. The smallest absolute Gasteiger partial charge is 0.291 e. The second-order valence-electron chi connectivity index (χ2n) is 6.09. The van der Waals surface area contributed by atoms with Crippen LogP contribution in [0.3, 0.4) is 0 Å².